The van der Waals surface area contributed by atoms with Crippen LogP contribution in [0.5, 0.6) is 0 Å². The maximum Gasteiger partial charge on any atom is 0.307 e. The van der Waals surface area contributed by atoms with Crippen LogP contribution in [-0.2, 0) is 14.3 Å². The smallest absolute Gasteiger partial charge is 0.307 e. The molecule has 0 bridgehead atoms. The van der Waals surface area contributed by atoms with E-state index in [1.54, 1.807) is 29.2 Å². The Morgan fingerprint density at radius 3 is 2.39 bits per heavy atom. The summed E-state index contributed by atoms with van der Waals surface area (Å²) >= 11 is 5.85. The van der Waals surface area contributed by atoms with Crippen molar-refractivity contribution < 1.29 is 19.1 Å². The minimum Gasteiger partial charge on any atom is -0.469 e. The van der Waals surface area contributed by atoms with Crippen LogP contribution < -0.4 is 0 Å². The normalized spacial score (nSPS) is 10.7. The Labute approximate surface area is 142 Å². The summed E-state index contributed by atoms with van der Waals surface area (Å²) in [6.45, 7) is 5.34. The van der Waals surface area contributed by atoms with Crippen molar-refractivity contribution in [1.82, 2.24) is 4.90 Å². The fourth-order valence-electron chi connectivity index (χ4n) is 1.99. The topological polar surface area (TPSA) is 55.8 Å². The van der Waals surface area contributed by atoms with Crippen molar-refractivity contribution in [2.24, 2.45) is 0 Å². The number of hydrogen-bond acceptors (Lipinski definition) is 4. The van der Waals surface area contributed by atoms with Gasteiger partial charge in [0.05, 0.1) is 19.6 Å². The summed E-state index contributed by atoms with van der Waals surface area (Å²) in [6.07, 6.45) is 1.03. The molecule has 0 spiro atoms. The first-order valence-electron chi connectivity index (χ1n) is 7.67. The lowest BCUT2D eigenvalue weighted by molar-refractivity contribution is -0.140. The summed E-state index contributed by atoms with van der Waals surface area (Å²) in [6, 6.07) is 6.71. The lowest BCUT2D eigenvalue weighted by atomic mass is 10.2. The van der Waals surface area contributed by atoms with Crippen LogP contribution in [-0.4, -0.2) is 49.7 Å². The highest BCUT2D eigenvalue weighted by Crippen LogP contribution is 2.12. The van der Waals surface area contributed by atoms with E-state index in [2.05, 4.69) is 4.74 Å². The molecule has 1 amide bonds. The average Bonchev–Trinajstić information content (AvgIpc) is 2.53. The second kappa shape index (κ2) is 10.2. The van der Waals surface area contributed by atoms with Gasteiger partial charge in [0, 0.05) is 30.3 Å². The molecule has 0 atom stereocenters. The number of carbonyl (C=O) groups excluding carboxylic acids is 2. The number of amides is 1. The van der Waals surface area contributed by atoms with Gasteiger partial charge >= 0.3 is 5.97 Å². The summed E-state index contributed by atoms with van der Waals surface area (Å²) < 4.78 is 10.1. The average molecular weight is 342 g/mol. The van der Waals surface area contributed by atoms with E-state index in [1.807, 2.05) is 13.8 Å². The van der Waals surface area contributed by atoms with Crippen molar-refractivity contribution >= 4 is 23.5 Å². The van der Waals surface area contributed by atoms with Crippen LogP contribution >= 0.6 is 11.6 Å². The van der Waals surface area contributed by atoms with Crippen LogP contribution in [0.3, 0.4) is 0 Å². The molecule has 5 nitrogen and oxygen atoms in total. The first-order valence-corrected chi connectivity index (χ1v) is 8.05. The SMILES string of the molecule is COC(=O)CCN(CCCOC(C)C)C(=O)c1ccc(Cl)cc1. The van der Waals surface area contributed by atoms with Gasteiger partial charge in [-0.05, 0) is 44.5 Å². The summed E-state index contributed by atoms with van der Waals surface area (Å²) in [5, 5.41) is 0.577. The molecule has 1 rings (SSSR count). The van der Waals surface area contributed by atoms with E-state index < -0.39 is 0 Å². The fourth-order valence-corrected chi connectivity index (χ4v) is 2.12. The molecule has 6 heteroatoms. The zero-order valence-electron chi connectivity index (χ0n) is 13.9. The number of ether oxygens (including phenoxy) is 2. The van der Waals surface area contributed by atoms with Crippen molar-refractivity contribution in [3.05, 3.63) is 34.9 Å². The largest absolute Gasteiger partial charge is 0.469 e. The van der Waals surface area contributed by atoms with Crippen LogP contribution in [0.15, 0.2) is 24.3 Å². The second-order valence-corrected chi connectivity index (χ2v) is 5.83. The molecule has 0 fully saturated rings. The van der Waals surface area contributed by atoms with Crippen molar-refractivity contribution in [3.63, 3.8) is 0 Å². The van der Waals surface area contributed by atoms with Crippen molar-refractivity contribution in [3.8, 4) is 0 Å². The van der Waals surface area contributed by atoms with Gasteiger partial charge in [-0.2, -0.15) is 0 Å². The van der Waals surface area contributed by atoms with E-state index in [4.69, 9.17) is 16.3 Å². The van der Waals surface area contributed by atoms with Crippen molar-refractivity contribution in [1.29, 1.82) is 0 Å². The van der Waals surface area contributed by atoms with Gasteiger partial charge in [0.25, 0.3) is 5.91 Å². The number of methoxy groups -OCH3 is 1. The van der Waals surface area contributed by atoms with E-state index in [0.29, 0.717) is 36.7 Å². The first kappa shape index (κ1) is 19.5. The Hall–Kier alpha value is -1.59. The molecule has 1 aromatic rings. The molecule has 23 heavy (non-hydrogen) atoms. The molecule has 0 aromatic heterocycles. The predicted molar refractivity (Wildman–Crippen MR) is 89.7 cm³/mol. The van der Waals surface area contributed by atoms with Crippen LogP contribution in [0, 0.1) is 0 Å². The van der Waals surface area contributed by atoms with Crippen molar-refractivity contribution in [2.75, 3.05) is 26.8 Å². The molecular weight excluding hydrogens is 318 g/mol. The highest BCUT2D eigenvalue weighted by Gasteiger charge is 2.17. The second-order valence-electron chi connectivity index (χ2n) is 5.40. The molecule has 0 saturated carbocycles. The molecule has 0 N–H and O–H groups in total. The Morgan fingerprint density at radius 1 is 1.17 bits per heavy atom. The van der Waals surface area contributed by atoms with Crippen molar-refractivity contribution in [2.45, 2.75) is 32.8 Å². The molecule has 0 saturated heterocycles. The third kappa shape index (κ3) is 7.48. The Morgan fingerprint density at radius 2 is 1.83 bits per heavy atom. The number of nitrogens with zero attached hydrogens (tertiary/aromatic N) is 1. The van der Waals surface area contributed by atoms with Crippen LogP contribution in [0.25, 0.3) is 0 Å². The molecule has 0 heterocycles. The summed E-state index contributed by atoms with van der Waals surface area (Å²) in [5.41, 5.74) is 0.545. The lowest BCUT2D eigenvalue weighted by Gasteiger charge is -2.22. The Balaban J connectivity index is 2.66. The van der Waals surface area contributed by atoms with Gasteiger partial charge in [0.2, 0.25) is 0 Å². The molecular formula is C17H24ClNO4. The third-order valence-electron chi connectivity index (χ3n) is 3.22. The molecule has 0 aliphatic heterocycles. The minimum atomic E-state index is -0.336. The number of hydrogen-bond donors (Lipinski definition) is 0. The van der Waals surface area contributed by atoms with E-state index in [0.717, 1.165) is 0 Å². The van der Waals surface area contributed by atoms with E-state index >= 15 is 0 Å². The number of esters is 1. The number of halogens is 1. The van der Waals surface area contributed by atoms with E-state index in [-0.39, 0.29) is 24.4 Å². The summed E-state index contributed by atoms with van der Waals surface area (Å²) in [4.78, 5) is 25.6. The first-order chi connectivity index (χ1) is 10.9. The summed E-state index contributed by atoms with van der Waals surface area (Å²) in [5.74, 6) is -0.465. The van der Waals surface area contributed by atoms with Gasteiger partial charge in [-0.3, -0.25) is 9.59 Å². The molecule has 0 radical (unpaired) electrons. The Kier molecular flexibility index (Phi) is 8.66. The third-order valence-corrected chi connectivity index (χ3v) is 3.47. The quantitative estimate of drug-likeness (QED) is 0.511. The zero-order chi connectivity index (χ0) is 17.2. The number of benzene rings is 1. The van der Waals surface area contributed by atoms with Gasteiger partial charge in [-0.25, -0.2) is 0 Å². The van der Waals surface area contributed by atoms with E-state index in [1.165, 1.54) is 7.11 Å². The highest BCUT2D eigenvalue weighted by atomic mass is 35.5. The van der Waals surface area contributed by atoms with Gasteiger partial charge in [0.15, 0.2) is 0 Å². The van der Waals surface area contributed by atoms with Gasteiger partial charge in [0.1, 0.15) is 0 Å². The maximum absolute atomic E-state index is 12.6. The maximum atomic E-state index is 12.6. The standard InChI is InChI=1S/C17H24ClNO4/c1-13(2)23-12-4-10-19(11-9-16(20)22-3)17(21)14-5-7-15(18)8-6-14/h5-8,13H,4,9-12H2,1-3H3. The van der Waals surface area contributed by atoms with Gasteiger partial charge < -0.3 is 14.4 Å². The predicted octanol–water partition coefficient (Wildman–Crippen LogP) is 3.16. The van der Waals surface area contributed by atoms with Crippen LogP contribution in [0.1, 0.15) is 37.0 Å². The number of rotatable bonds is 9. The molecule has 0 aliphatic rings. The Bertz CT molecular complexity index is 502. The monoisotopic (exact) mass is 341 g/mol. The molecule has 0 unspecified atom stereocenters. The van der Waals surface area contributed by atoms with E-state index in [9.17, 15) is 9.59 Å². The van der Waals surface area contributed by atoms with Crippen LogP contribution in [0.4, 0.5) is 0 Å². The molecule has 1 aromatic carbocycles. The fraction of sp³-hybridized carbons (Fsp3) is 0.529. The zero-order valence-corrected chi connectivity index (χ0v) is 14.6. The van der Waals surface area contributed by atoms with Gasteiger partial charge in [-0.1, -0.05) is 11.6 Å². The highest BCUT2D eigenvalue weighted by molar-refractivity contribution is 6.30. The molecule has 128 valence electrons. The summed E-state index contributed by atoms with van der Waals surface area (Å²) in [7, 11) is 1.34. The van der Waals surface area contributed by atoms with Crippen LogP contribution in [0.2, 0.25) is 5.02 Å². The molecule has 0 aliphatic carbocycles. The lowest BCUT2D eigenvalue weighted by Crippen LogP contribution is -2.34. The van der Waals surface area contributed by atoms with Gasteiger partial charge in [-0.15, -0.1) is 0 Å². The minimum absolute atomic E-state index is 0.130. The number of carbonyl (C=O) groups is 2.